The van der Waals surface area contributed by atoms with E-state index in [9.17, 15) is 5.11 Å². The maximum atomic E-state index is 9.36. The molecule has 2 heterocycles. The van der Waals surface area contributed by atoms with Crippen LogP contribution in [-0.4, -0.2) is 29.3 Å². The molecule has 1 aromatic heterocycles. The minimum Gasteiger partial charge on any atom is -0.394 e. The van der Waals surface area contributed by atoms with E-state index < -0.39 is 0 Å². The van der Waals surface area contributed by atoms with Crippen LogP contribution in [0.2, 0.25) is 0 Å². The molecule has 0 spiro atoms. The monoisotopic (exact) mass is 221 g/mol. The van der Waals surface area contributed by atoms with Gasteiger partial charge in [-0.15, -0.1) is 0 Å². The Labute approximate surface area is 96.1 Å². The maximum absolute atomic E-state index is 9.36. The maximum Gasteiger partial charge on any atom is 0.129 e. The third-order valence-electron chi connectivity index (χ3n) is 3.18. The fourth-order valence-corrected chi connectivity index (χ4v) is 2.24. The van der Waals surface area contributed by atoms with Crippen molar-refractivity contribution in [1.82, 2.24) is 4.98 Å². The van der Waals surface area contributed by atoms with Crippen molar-refractivity contribution in [3.05, 3.63) is 23.9 Å². The Hall–Kier alpha value is -1.13. The number of nitrogens with two attached hydrogens (primary N) is 1. The zero-order chi connectivity index (χ0) is 11.4. The van der Waals surface area contributed by atoms with Gasteiger partial charge in [0.25, 0.3) is 0 Å². The zero-order valence-electron chi connectivity index (χ0n) is 9.47. The Morgan fingerprint density at radius 1 is 1.50 bits per heavy atom. The molecule has 1 saturated heterocycles. The van der Waals surface area contributed by atoms with E-state index in [-0.39, 0.29) is 12.6 Å². The van der Waals surface area contributed by atoms with Gasteiger partial charge >= 0.3 is 0 Å². The number of pyridine rings is 1. The summed E-state index contributed by atoms with van der Waals surface area (Å²) in [6, 6.07) is 4.17. The highest BCUT2D eigenvalue weighted by molar-refractivity contribution is 5.42. The summed E-state index contributed by atoms with van der Waals surface area (Å²) in [6.07, 6.45) is 5.20. The molecule has 1 aliphatic rings. The lowest BCUT2D eigenvalue weighted by Crippen LogP contribution is -2.42. The Balaban J connectivity index is 2.20. The van der Waals surface area contributed by atoms with Crippen molar-refractivity contribution in [3.8, 4) is 0 Å². The highest BCUT2D eigenvalue weighted by Gasteiger charge is 2.22. The van der Waals surface area contributed by atoms with Gasteiger partial charge in [-0.1, -0.05) is 0 Å². The van der Waals surface area contributed by atoms with Gasteiger partial charge in [0.1, 0.15) is 5.82 Å². The van der Waals surface area contributed by atoms with Crippen LogP contribution in [0.15, 0.2) is 18.3 Å². The van der Waals surface area contributed by atoms with Gasteiger partial charge < -0.3 is 15.7 Å². The van der Waals surface area contributed by atoms with Crippen LogP contribution in [-0.2, 0) is 6.54 Å². The summed E-state index contributed by atoms with van der Waals surface area (Å²) >= 11 is 0. The summed E-state index contributed by atoms with van der Waals surface area (Å²) in [4.78, 5) is 6.57. The molecule has 16 heavy (non-hydrogen) atoms. The van der Waals surface area contributed by atoms with Gasteiger partial charge in [-0.05, 0) is 37.0 Å². The normalized spacial score (nSPS) is 21.1. The smallest absolute Gasteiger partial charge is 0.129 e. The third kappa shape index (κ3) is 2.33. The molecule has 2 rings (SSSR count). The molecular formula is C12H19N3O. The molecule has 0 amide bonds. The number of piperidine rings is 1. The van der Waals surface area contributed by atoms with Crippen LogP contribution in [0.3, 0.4) is 0 Å². The second-order valence-corrected chi connectivity index (χ2v) is 4.25. The SMILES string of the molecule is NCc1ccnc(N2CCCCC2CO)c1. The Bertz CT molecular complexity index is 343. The minimum absolute atomic E-state index is 0.203. The molecule has 0 radical (unpaired) electrons. The van der Waals surface area contributed by atoms with Gasteiger partial charge in [-0.3, -0.25) is 0 Å². The first kappa shape index (κ1) is 11.4. The average molecular weight is 221 g/mol. The fourth-order valence-electron chi connectivity index (χ4n) is 2.24. The first-order valence-electron chi connectivity index (χ1n) is 5.87. The first-order valence-corrected chi connectivity index (χ1v) is 5.87. The number of aromatic nitrogens is 1. The largest absolute Gasteiger partial charge is 0.394 e. The number of rotatable bonds is 3. The van der Waals surface area contributed by atoms with Crippen LogP contribution >= 0.6 is 0 Å². The molecule has 4 heteroatoms. The van der Waals surface area contributed by atoms with Crippen LogP contribution in [0.25, 0.3) is 0 Å². The van der Waals surface area contributed by atoms with Crippen molar-refractivity contribution in [2.45, 2.75) is 31.8 Å². The molecule has 4 nitrogen and oxygen atoms in total. The summed E-state index contributed by atoms with van der Waals surface area (Å²) < 4.78 is 0. The van der Waals surface area contributed by atoms with Crippen LogP contribution in [0.5, 0.6) is 0 Å². The number of anilines is 1. The van der Waals surface area contributed by atoms with E-state index in [1.54, 1.807) is 6.20 Å². The van der Waals surface area contributed by atoms with E-state index in [2.05, 4.69) is 9.88 Å². The predicted molar refractivity (Wildman–Crippen MR) is 64.2 cm³/mol. The molecule has 1 unspecified atom stereocenters. The number of aliphatic hydroxyl groups excluding tert-OH is 1. The molecule has 88 valence electrons. The highest BCUT2D eigenvalue weighted by atomic mass is 16.3. The predicted octanol–water partition coefficient (Wildman–Crippen LogP) is 0.891. The lowest BCUT2D eigenvalue weighted by molar-refractivity contribution is 0.239. The molecule has 0 aromatic carbocycles. The van der Waals surface area contributed by atoms with E-state index >= 15 is 0 Å². The molecule has 3 N–H and O–H groups in total. The third-order valence-corrected chi connectivity index (χ3v) is 3.18. The second-order valence-electron chi connectivity index (χ2n) is 4.25. The van der Waals surface area contributed by atoms with Crippen LogP contribution in [0.1, 0.15) is 24.8 Å². The van der Waals surface area contributed by atoms with Crippen LogP contribution in [0.4, 0.5) is 5.82 Å². The summed E-state index contributed by atoms with van der Waals surface area (Å²) in [5.41, 5.74) is 6.71. The van der Waals surface area contributed by atoms with Crippen molar-refractivity contribution < 1.29 is 5.11 Å². The van der Waals surface area contributed by atoms with E-state index in [0.717, 1.165) is 24.3 Å². The van der Waals surface area contributed by atoms with Gasteiger partial charge in [0.15, 0.2) is 0 Å². The van der Waals surface area contributed by atoms with E-state index in [4.69, 9.17) is 5.73 Å². The van der Waals surface area contributed by atoms with Crippen molar-refractivity contribution in [2.75, 3.05) is 18.1 Å². The number of aliphatic hydroxyl groups is 1. The standard InChI is InChI=1S/C12H19N3O/c13-8-10-4-5-14-12(7-10)15-6-2-1-3-11(15)9-16/h4-5,7,11,16H,1-3,6,8-9,13H2. The van der Waals surface area contributed by atoms with Crippen LogP contribution in [0, 0.1) is 0 Å². The number of hydrogen-bond donors (Lipinski definition) is 2. The molecule has 1 aliphatic heterocycles. The lowest BCUT2D eigenvalue weighted by Gasteiger charge is -2.35. The molecule has 0 aliphatic carbocycles. The van der Waals surface area contributed by atoms with Gasteiger partial charge in [-0.25, -0.2) is 4.98 Å². The quantitative estimate of drug-likeness (QED) is 0.795. The molecule has 1 aromatic rings. The van der Waals surface area contributed by atoms with Crippen LogP contribution < -0.4 is 10.6 Å². The van der Waals surface area contributed by atoms with Gasteiger partial charge in [0.2, 0.25) is 0 Å². The Morgan fingerprint density at radius 3 is 3.12 bits per heavy atom. The molecule has 1 atom stereocenters. The van der Waals surface area contributed by atoms with E-state index in [0.29, 0.717) is 6.54 Å². The van der Waals surface area contributed by atoms with E-state index in [1.807, 2.05) is 12.1 Å². The minimum atomic E-state index is 0.203. The topological polar surface area (TPSA) is 62.4 Å². The number of hydrogen-bond acceptors (Lipinski definition) is 4. The Morgan fingerprint density at radius 2 is 2.38 bits per heavy atom. The molecule has 0 saturated carbocycles. The first-order chi connectivity index (χ1) is 7.85. The molecule has 1 fully saturated rings. The summed E-state index contributed by atoms with van der Waals surface area (Å²) in [5.74, 6) is 0.946. The van der Waals surface area contributed by atoms with Gasteiger partial charge in [0, 0.05) is 19.3 Å². The summed E-state index contributed by atoms with van der Waals surface area (Å²) in [7, 11) is 0. The Kier molecular flexibility index (Phi) is 3.74. The van der Waals surface area contributed by atoms with E-state index in [1.165, 1.54) is 12.8 Å². The highest BCUT2D eigenvalue weighted by Crippen LogP contribution is 2.23. The lowest BCUT2D eigenvalue weighted by atomic mass is 10.0. The van der Waals surface area contributed by atoms with Crippen molar-refractivity contribution in [2.24, 2.45) is 5.73 Å². The average Bonchev–Trinajstić information content (AvgIpc) is 2.38. The summed E-state index contributed by atoms with van der Waals surface area (Å²) in [5, 5.41) is 9.36. The second kappa shape index (κ2) is 5.27. The van der Waals surface area contributed by atoms with Crippen molar-refractivity contribution in [1.29, 1.82) is 0 Å². The van der Waals surface area contributed by atoms with Gasteiger partial charge in [0.05, 0.1) is 12.6 Å². The summed E-state index contributed by atoms with van der Waals surface area (Å²) in [6.45, 7) is 1.72. The fraction of sp³-hybridized carbons (Fsp3) is 0.583. The zero-order valence-corrected chi connectivity index (χ0v) is 9.47. The molecule has 0 bridgehead atoms. The van der Waals surface area contributed by atoms with Crippen molar-refractivity contribution >= 4 is 5.82 Å². The molecular weight excluding hydrogens is 202 g/mol. The van der Waals surface area contributed by atoms with Gasteiger partial charge in [-0.2, -0.15) is 0 Å². The number of nitrogens with zero attached hydrogens (tertiary/aromatic N) is 2. The van der Waals surface area contributed by atoms with Crippen molar-refractivity contribution in [3.63, 3.8) is 0 Å².